The average molecular weight is 316 g/mol. The molecule has 0 radical (unpaired) electrons. The van der Waals surface area contributed by atoms with E-state index in [0.29, 0.717) is 21.5 Å². The van der Waals surface area contributed by atoms with Crippen LogP contribution in [0.25, 0.3) is 0 Å². The summed E-state index contributed by atoms with van der Waals surface area (Å²) in [7, 11) is 0. The number of rotatable bonds is 3. The van der Waals surface area contributed by atoms with Gasteiger partial charge in [0.15, 0.2) is 0 Å². The van der Waals surface area contributed by atoms with Crippen molar-refractivity contribution in [2.75, 3.05) is 0 Å². The zero-order valence-electron chi connectivity index (χ0n) is 10.3. The van der Waals surface area contributed by atoms with Crippen LogP contribution in [0.3, 0.4) is 0 Å². The molecule has 0 aliphatic rings. The molecule has 1 atom stereocenters. The Morgan fingerprint density at radius 1 is 1.00 bits per heavy atom. The Kier molecular flexibility index (Phi) is 4.75. The van der Waals surface area contributed by atoms with Crippen molar-refractivity contribution in [3.63, 3.8) is 0 Å². The lowest BCUT2D eigenvalue weighted by Crippen LogP contribution is -2.02. The van der Waals surface area contributed by atoms with E-state index in [9.17, 15) is 5.11 Å². The first-order valence-corrected chi connectivity index (χ1v) is 6.99. The van der Waals surface area contributed by atoms with Crippen LogP contribution in [-0.4, -0.2) is 5.11 Å². The molecule has 0 bridgehead atoms. The lowest BCUT2D eigenvalue weighted by Gasteiger charge is -2.13. The molecule has 1 unspecified atom stereocenters. The van der Waals surface area contributed by atoms with Gasteiger partial charge in [0, 0.05) is 21.5 Å². The van der Waals surface area contributed by atoms with Gasteiger partial charge in [0.2, 0.25) is 0 Å². The van der Waals surface area contributed by atoms with Gasteiger partial charge < -0.3 is 5.11 Å². The molecule has 0 aromatic heterocycles. The fourth-order valence-corrected chi connectivity index (χ4v) is 2.50. The highest BCUT2D eigenvalue weighted by Crippen LogP contribution is 2.28. The Morgan fingerprint density at radius 3 is 2.37 bits per heavy atom. The van der Waals surface area contributed by atoms with Gasteiger partial charge in [-0.3, -0.25) is 0 Å². The standard InChI is InChI=1S/C15H13Cl3O/c1-9-2-3-11(6-13(9)17)15(19)7-10-4-5-12(16)8-14(10)18/h2-6,8,15,19H,7H2,1H3. The molecule has 19 heavy (non-hydrogen) atoms. The third kappa shape index (κ3) is 3.64. The highest BCUT2D eigenvalue weighted by Gasteiger charge is 2.12. The van der Waals surface area contributed by atoms with E-state index >= 15 is 0 Å². The second-order valence-corrected chi connectivity index (χ2v) is 5.72. The predicted octanol–water partition coefficient (Wildman–Crippen LogP) is 5.23. The molecule has 0 fully saturated rings. The summed E-state index contributed by atoms with van der Waals surface area (Å²) in [6.45, 7) is 1.93. The molecule has 2 aromatic carbocycles. The Hall–Kier alpha value is -0.730. The Labute approximate surface area is 127 Å². The summed E-state index contributed by atoms with van der Waals surface area (Å²) in [5, 5.41) is 12.0. The molecular formula is C15H13Cl3O. The van der Waals surface area contributed by atoms with E-state index < -0.39 is 6.10 Å². The van der Waals surface area contributed by atoms with Crippen molar-refractivity contribution in [2.45, 2.75) is 19.4 Å². The summed E-state index contributed by atoms with van der Waals surface area (Å²) in [6.07, 6.45) is -0.216. The zero-order valence-corrected chi connectivity index (χ0v) is 12.6. The number of aliphatic hydroxyl groups is 1. The lowest BCUT2D eigenvalue weighted by atomic mass is 10.0. The summed E-state index contributed by atoms with van der Waals surface area (Å²) in [5.74, 6) is 0. The molecule has 4 heteroatoms. The van der Waals surface area contributed by atoms with Crippen molar-refractivity contribution >= 4 is 34.8 Å². The number of hydrogen-bond acceptors (Lipinski definition) is 1. The molecule has 1 nitrogen and oxygen atoms in total. The van der Waals surface area contributed by atoms with Crippen LogP contribution in [0.1, 0.15) is 22.8 Å². The SMILES string of the molecule is Cc1ccc(C(O)Cc2ccc(Cl)cc2Cl)cc1Cl. The fourth-order valence-electron chi connectivity index (χ4n) is 1.83. The molecule has 0 heterocycles. The van der Waals surface area contributed by atoms with E-state index in [-0.39, 0.29) is 0 Å². The van der Waals surface area contributed by atoms with Crippen LogP contribution >= 0.6 is 34.8 Å². The third-order valence-electron chi connectivity index (χ3n) is 3.01. The van der Waals surface area contributed by atoms with Crippen molar-refractivity contribution in [3.8, 4) is 0 Å². The molecule has 2 aromatic rings. The van der Waals surface area contributed by atoms with Crippen molar-refractivity contribution < 1.29 is 5.11 Å². The lowest BCUT2D eigenvalue weighted by molar-refractivity contribution is 0.178. The van der Waals surface area contributed by atoms with Crippen molar-refractivity contribution in [3.05, 3.63) is 68.2 Å². The number of halogens is 3. The molecule has 0 spiro atoms. The number of aliphatic hydroxyl groups excluding tert-OH is 1. The molecule has 100 valence electrons. The molecule has 0 aliphatic carbocycles. The minimum absolute atomic E-state index is 0.426. The van der Waals surface area contributed by atoms with Crippen LogP contribution in [0.5, 0.6) is 0 Å². The van der Waals surface area contributed by atoms with Crippen molar-refractivity contribution in [1.82, 2.24) is 0 Å². The van der Waals surface area contributed by atoms with Gasteiger partial charge in [0.05, 0.1) is 6.10 Å². The van der Waals surface area contributed by atoms with Gasteiger partial charge in [0.1, 0.15) is 0 Å². The molecule has 0 aliphatic heterocycles. The Morgan fingerprint density at radius 2 is 1.74 bits per heavy atom. The van der Waals surface area contributed by atoms with Crippen LogP contribution in [0.4, 0.5) is 0 Å². The van der Waals surface area contributed by atoms with E-state index in [1.807, 2.05) is 25.1 Å². The molecule has 2 rings (SSSR count). The maximum atomic E-state index is 10.2. The van der Waals surface area contributed by atoms with Crippen molar-refractivity contribution in [1.29, 1.82) is 0 Å². The van der Waals surface area contributed by atoms with Gasteiger partial charge in [-0.1, -0.05) is 53.0 Å². The van der Waals surface area contributed by atoms with Gasteiger partial charge in [-0.15, -0.1) is 0 Å². The van der Waals surface area contributed by atoms with Crippen LogP contribution in [0, 0.1) is 6.92 Å². The summed E-state index contributed by atoms with van der Waals surface area (Å²) in [4.78, 5) is 0. The minimum Gasteiger partial charge on any atom is -0.388 e. The smallest absolute Gasteiger partial charge is 0.0831 e. The molecular weight excluding hydrogens is 303 g/mol. The van der Waals surface area contributed by atoms with Gasteiger partial charge in [-0.2, -0.15) is 0 Å². The Bertz CT molecular complexity index is 596. The number of aryl methyl sites for hydroxylation is 1. The topological polar surface area (TPSA) is 20.2 Å². The highest BCUT2D eigenvalue weighted by molar-refractivity contribution is 6.35. The zero-order chi connectivity index (χ0) is 14.0. The monoisotopic (exact) mass is 314 g/mol. The second-order valence-electron chi connectivity index (χ2n) is 4.46. The van der Waals surface area contributed by atoms with Gasteiger partial charge in [-0.25, -0.2) is 0 Å². The normalized spacial score (nSPS) is 12.5. The first-order valence-electron chi connectivity index (χ1n) is 5.85. The van der Waals surface area contributed by atoms with E-state index in [0.717, 1.165) is 16.7 Å². The summed E-state index contributed by atoms with van der Waals surface area (Å²) in [5.41, 5.74) is 2.62. The second kappa shape index (κ2) is 6.15. The highest BCUT2D eigenvalue weighted by atomic mass is 35.5. The summed E-state index contributed by atoms with van der Waals surface area (Å²) >= 11 is 18.0. The van der Waals surface area contributed by atoms with E-state index in [1.165, 1.54) is 0 Å². The number of hydrogen-bond donors (Lipinski definition) is 1. The van der Waals surface area contributed by atoms with Crippen LogP contribution in [0.2, 0.25) is 15.1 Å². The average Bonchev–Trinajstić information content (AvgIpc) is 2.36. The first-order chi connectivity index (χ1) is 8.97. The van der Waals surface area contributed by atoms with E-state index in [1.54, 1.807) is 18.2 Å². The summed E-state index contributed by atoms with van der Waals surface area (Å²) in [6, 6.07) is 10.8. The van der Waals surface area contributed by atoms with Crippen LogP contribution in [-0.2, 0) is 6.42 Å². The third-order valence-corrected chi connectivity index (χ3v) is 4.00. The summed E-state index contributed by atoms with van der Waals surface area (Å²) < 4.78 is 0. The van der Waals surface area contributed by atoms with Crippen molar-refractivity contribution in [2.24, 2.45) is 0 Å². The number of benzene rings is 2. The largest absolute Gasteiger partial charge is 0.388 e. The van der Waals surface area contributed by atoms with E-state index in [2.05, 4.69) is 0 Å². The minimum atomic E-state index is -0.642. The molecule has 0 saturated heterocycles. The van der Waals surface area contributed by atoms with Crippen LogP contribution in [0.15, 0.2) is 36.4 Å². The van der Waals surface area contributed by atoms with Gasteiger partial charge >= 0.3 is 0 Å². The quantitative estimate of drug-likeness (QED) is 0.822. The Balaban J connectivity index is 2.20. The molecule has 1 N–H and O–H groups in total. The maximum Gasteiger partial charge on any atom is 0.0831 e. The molecule has 0 saturated carbocycles. The van der Waals surface area contributed by atoms with E-state index in [4.69, 9.17) is 34.8 Å². The fraction of sp³-hybridized carbons (Fsp3) is 0.200. The maximum absolute atomic E-state index is 10.2. The first kappa shape index (κ1) is 14.7. The molecule has 0 amide bonds. The van der Waals surface area contributed by atoms with Gasteiger partial charge in [-0.05, 0) is 41.8 Å². The van der Waals surface area contributed by atoms with Gasteiger partial charge in [0.25, 0.3) is 0 Å². The predicted molar refractivity (Wildman–Crippen MR) is 81.3 cm³/mol. The van der Waals surface area contributed by atoms with Crippen LogP contribution < -0.4 is 0 Å².